The molecule has 0 radical (unpaired) electrons. The van der Waals surface area contributed by atoms with E-state index in [-0.39, 0.29) is 18.1 Å². The van der Waals surface area contributed by atoms with Crippen LogP contribution in [0, 0.1) is 17.0 Å². The summed E-state index contributed by atoms with van der Waals surface area (Å²) in [6.45, 7) is 4.26. The number of thioether (sulfide) groups is 1. The van der Waals surface area contributed by atoms with Gasteiger partial charge < -0.3 is 14.2 Å². The molecular formula is C27H26BrClN4O5S. The molecule has 0 N–H and O–H groups in total. The Morgan fingerprint density at radius 3 is 2.56 bits per heavy atom. The molecule has 0 fully saturated rings. The van der Waals surface area contributed by atoms with Crippen LogP contribution < -0.4 is 14.2 Å². The highest BCUT2D eigenvalue weighted by atomic mass is 79.9. The van der Waals surface area contributed by atoms with Crippen LogP contribution in [0.5, 0.6) is 17.2 Å². The fourth-order valence-corrected chi connectivity index (χ4v) is 5.84. The van der Waals surface area contributed by atoms with Crippen molar-refractivity contribution < 1.29 is 19.1 Å². The lowest BCUT2D eigenvalue weighted by molar-refractivity contribution is -0.479. The molecule has 1 heterocycles. The number of nitro groups is 1. The van der Waals surface area contributed by atoms with Gasteiger partial charge in [0.1, 0.15) is 23.4 Å². The second-order valence-electron chi connectivity index (χ2n) is 8.37. The Hall–Kier alpha value is -3.28. The predicted molar refractivity (Wildman–Crippen MR) is 154 cm³/mol. The van der Waals surface area contributed by atoms with E-state index in [0.717, 1.165) is 17.0 Å². The van der Waals surface area contributed by atoms with E-state index in [1.165, 1.54) is 18.9 Å². The van der Waals surface area contributed by atoms with Crippen LogP contribution in [0.1, 0.15) is 29.1 Å². The standard InChI is InChI=1S/C27H26BrClN4O5S/c1-4-37-22-10-8-21(9-11-22)33-17(2)30-31-27(33)39-25(15-32(34)35)19-13-23(28)26(24(14-19)36-3)38-16-18-6-5-7-20(29)12-18/h5-14,25H,4,15-16H2,1-3H3/t25-/m0/s1. The number of halogens is 2. The van der Waals surface area contributed by atoms with Crippen LogP contribution in [0.15, 0.2) is 70.3 Å². The maximum atomic E-state index is 11.7. The average Bonchev–Trinajstić information content (AvgIpc) is 3.27. The van der Waals surface area contributed by atoms with E-state index in [9.17, 15) is 10.1 Å². The molecular weight excluding hydrogens is 608 g/mol. The lowest BCUT2D eigenvalue weighted by Gasteiger charge is -2.18. The van der Waals surface area contributed by atoms with Crippen molar-refractivity contribution in [3.8, 4) is 22.9 Å². The third-order valence-electron chi connectivity index (χ3n) is 5.66. The number of nitrogens with zero attached hydrogens (tertiary/aromatic N) is 4. The number of aryl methyl sites for hydroxylation is 1. The minimum Gasteiger partial charge on any atom is -0.494 e. The Balaban J connectivity index is 1.63. The quantitative estimate of drug-likeness (QED) is 0.0926. The molecule has 0 bridgehead atoms. The van der Waals surface area contributed by atoms with Gasteiger partial charge in [0.15, 0.2) is 16.7 Å². The van der Waals surface area contributed by atoms with Crippen LogP contribution in [-0.2, 0) is 6.61 Å². The molecule has 0 saturated heterocycles. The van der Waals surface area contributed by atoms with E-state index in [1.807, 2.05) is 60.9 Å². The van der Waals surface area contributed by atoms with E-state index in [1.54, 1.807) is 18.2 Å². The minimum atomic E-state index is -0.586. The topological polar surface area (TPSA) is 102 Å². The molecule has 0 unspecified atom stereocenters. The van der Waals surface area contributed by atoms with Gasteiger partial charge >= 0.3 is 0 Å². The van der Waals surface area contributed by atoms with Crippen molar-refractivity contribution in [2.75, 3.05) is 20.3 Å². The maximum absolute atomic E-state index is 11.7. The van der Waals surface area contributed by atoms with Crippen molar-refractivity contribution in [1.29, 1.82) is 0 Å². The molecule has 39 heavy (non-hydrogen) atoms. The van der Waals surface area contributed by atoms with Crippen molar-refractivity contribution in [3.63, 3.8) is 0 Å². The minimum absolute atomic E-state index is 0.270. The number of ether oxygens (including phenoxy) is 3. The molecule has 0 saturated carbocycles. The van der Waals surface area contributed by atoms with Crippen molar-refractivity contribution in [3.05, 3.63) is 97.2 Å². The fraction of sp³-hybridized carbons (Fsp3) is 0.259. The van der Waals surface area contributed by atoms with Gasteiger partial charge in [-0.1, -0.05) is 35.5 Å². The third kappa shape index (κ3) is 7.23. The summed E-state index contributed by atoms with van der Waals surface area (Å²) in [5, 5.41) is 20.8. The van der Waals surface area contributed by atoms with Crippen LogP contribution in [-0.4, -0.2) is 39.9 Å². The van der Waals surface area contributed by atoms with Gasteiger partial charge in [-0.05, 0) is 89.4 Å². The summed E-state index contributed by atoms with van der Waals surface area (Å²) in [5.74, 6) is 2.34. The van der Waals surface area contributed by atoms with Gasteiger partial charge in [-0.3, -0.25) is 14.7 Å². The molecule has 12 heteroatoms. The van der Waals surface area contributed by atoms with Gasteiger partial charge in [-0.15, -0.1) is 10.2 Å². The van der Waals surface area contributed by atoms with Gasteiger partial charge in [-0.25, -0.2) is 0 Å². The van der Waals surface area contributed by atoms with Gasteiger partial charge in [-0.2, -0.15) is 0 Å². The van der Waals surface area contributed by atoms with Crippen molar-refractivity contribution >= 4 is 39.3 Å². The molecule has 1 aromatic heterocycles. The molecule has 4 aromatic rings. The highest BCUT2D eigenvalue weighted by molar-refractivity contribution is 9.10. The summed E-state index contributed by atoms with van der Waals surface area (Å²) in [6, 6.07) is 18.5. The Bertz CT molecular complexity index is 1450. The van der Waals surface area contributed by atoms with Crippen LogP contribution in [0.25, 0.3) is 5.69 Å². The second kappa shape index (κ2) is 13.2. The number of hydrogen-bond acceptors (Lipinski definition) is 8. The monoisotopic (exact) mass is 632 g/mol. The van der Waals surface area contributed by atoms with Gasteiger partial charge in [0.25, 0.3) is 0 Å². The van der Waals surface area contributed by atoms with Crippen molar-refractivity contribution in [1.82, 2.24) is 14.8 Å². The molecule has 1 atom stereocenters. The first kappa shape index (κ1) is 28.7. The molecule has 0 aliphatic carbocycles. The third-order valence-corrected chi connectivity index (χ3v) is 7.66. The lowest BCUT2D eigenvalue weighted by Crippen LogP contribution is -2.12. The Kier molecular flexibility index (Phi) is 9.71. The number of methoxy groups -OCH3 is 1. The zero-order chi connectivity index (χ0) is 27.9. The second-order valence-corrected chi connectivity index (χ2v) is 10.8. The van der Waals surface area contributed by atoms with Crippen molar-refractivity contribution in [2.24, 2.45) is 0 Å². The SMILES string of the molecule is CCOc1ccc(-n2c(C)nnc2S[C@@H](C[N+](=O)[O-])c2cc(Br)c(OCc3cccc(Cl)c3)c(OC)c2)cc1. The van der Waals surface area contributed by atoms with E-state index < -0.39 is 5.25 Å². The summed E-state index contributed by atoms with van der Waals surface area (Å²) >= 11 is 10.9. The van der Waals surface area contributed by atoms with Crippen LogP contribution in [0.2, 0.25) is 5.02 Å². The van der Waals surface area contributed by atoms with Crippen molar-refractivity contribution in [2.45, 2.75) is 30.9 Å². The number of rotatable bonds is 12. The highest BCUT2D eigenvalue weighted by Crippen LogP contribution is 2.43. The first-order chi connectivity index (χ1) is 18.8. The average molecular weight is 634 g/mol. The van der Waals surface area contributed by atoms with Gasteiger partial charge in [0.05, 0.1) is 18.2 Å². The summed E-state index contributed by atoms with van der Waals surface area (Å²) in [7, 11) is 1.53. The first-order valence-corrected chi connectivity index (χ1v) is 14.0. The summed E-state index contributed by atoms with van der Waals surface area (Å²) in [5.41, 5.74) is 2.40. The molecule has 9 nitrogen and oxygen atoms in total. The number of hydrogen-bond donors (Lipinski definition) is 0. The predicted octanol–water partition coefficient (Wildman–Crippen LogP) is 7.09. The highest BCUT2D eigenvalue weighted by Gasteiger charge is 2.26. The van der Waals surface area contributed by atoms with Crippen LogP contribution >= 0.6 is 39.3 Å². The number of benzene rings is 3. The zero-order valence-corrected chi connectivity index (χ0v) is 24.6. The Morgan fingerprint density at radius 1 is 1.13 bits per heavy atom. The van der Waals surface area contributed by atoms with Crippen LogP contribution in [0.4, 0.5) is 0 Å². The molecule has 3 aromatic carbocycles. The van der Waals surface area contributed by atoms with Crippen LogP contribution in [0.3, 0.4) is 0 Å². The largest absolute Gasteiger partial charge is 0.494 e. The maximum Gasteiger partial charge on any atom is 0.220 e. The summed E-state index contributed by atoms with van der Waals surface area (Å²) in [6.07, 6.45) is 0. The Morgan fingerprint density at radius 2 is 1.90 bits per heavy atom. The molecule has 0 amide bonds. The van der Waals surface area contributed by atoms with E-state index in [2.05, 4.69) is 26.1 Å². The first-order valence-electron chi connectivity index (χ1n) is 12.0. The van der Waals surface area contributed by atoms with Gasteiger partial charge in [0.2, 0.25) is 6.54 Å². The fourth-order valence-electron chi connectivity index (χ4n) is 3.90. The normalized spacial score (nSPS) is 11.7. The van der Waals surface area contributed by atoms with Gasteiger partial charge in [0, 0.05) is 15.6 Å². The Labute approximate surface area is 243 Å². The van der Waals surface area contributed by atoms with E-state index in [4.69, 9.17) is 25.8 Å². The lowest BCUT2D eigenvalue weighted by atomic mass is 10.1. The molecule has 0 aliphatic rings. The summed E-state index contributed by atoms with van der Waals surface area (Å²) in [4.78, 5) is 11.3. The molecule has 0 aliphatic heterocycles. The molecule has 0 spiro atoms. The molecule has 204 valence electrons. The van der Waals surface area contributed by atoms with E-state index in [0.29, 0.717) is 44.1 Å². The summed E-state index contributed by atoms with van der Waals surface area (Å²) < 4.78 is 19.7. The molecule has 4 rings (SSSR count). The zero-order valence-electron chi connectivity index (χ0n) is 21.5. The van der Waals surface area contributed by atoms with E-state index >= 15 is 0 Å². The smallest absolute Gasteiger partial charge is 0.220 e. The number of aromatic nitrogens is 3.